The van der Waals surface area contributed by atoms with Gasteiger partial charge >= 0.3 is 0 Å². The SMILES string of the molecule is COc1ccc(S(=O)(=O)N(CC(=O)N(Cc2ccc(C)cc2)C(Cc2ccccc2)C(=O)NCC(C)C)c2ccccc2OC)cc1. The number of nitrogens with zero attached hydrogens (tertiary/aromatic N) is 2. The van der Waals surface area contributed by atoms with Crippen molar-refractivity contribution in [1.29, 1.82) is 0 Å². The van der Waals surface area contributed by atoms with Crippen LogP contribution in [0.1, 0.15) is 30.5 Å². The summed E-state index contributed by atoms with van der Waals surface area (Å²) in [5.41, 5.74) is 2.92. The molecule has 0 bridgehead atoms. The molecule has 0 heterocycles. The average molecular weight is 658 g/mol. The van der Waals surface area contributed by atoms with E-state index in [-0.39, 0.29) is 41.1 Å². The van der Waals surface area contributed by atoms with E-state index in [4.69, 9.17) is 9.47 Å². The summed E-state index contributed by atoms with van der Waals surface area (Å²) in [5.74, 6) is 0.0922. The first kappa shape index (κ1) is 35.0. The van der Waals surface area contributed by atoms with E-state index < -0.39 is 28.5 Å². The molecule has 0 spiro atoms. The van der Waals surface area contributed by atoms with Crippen LogP contribution in [0.25, 0.3) is 0 Å². The topological polar surface area (TPSA) is 105 Å². The number of benzene rings is 4. The molecule has 0 aliphatic rings. The average Bonchev–Trinajstić information content (AvgIpc) is 3.08. The maximum absolute atomic E-state index is 14.6. The lowest BCUT2D eigenvalue weighted by atomic mass is 10.0. The van der Waals surface area contributed by atoms with E-state index in [0.29, 0.717) is 12.3 Å². The van der Waals surface area contributed by atoms with Crippen LogP contribution in [0, 0.1) is 12.8 Å². The molecule has 4 aromatic carbocycles. The molecule has 0 aliphatic carbocycles. The number of aryl methyl sites for hydroxylation is 1. The number of hydrogen-bond donors (Lipinski definition) is 1. The minimum absolute atomic E-state index is 0.0300. The third-order valence-corrected chi connectivity index (χ3v) is 9.48. The summed E-state index contributed by atoms with van der Waals surface area (Å²) >= 11 is 0. The number of methoxy groups -OCH3 is 2. The van der Waals surface area contributed by atoms with Gasteiger partial charge in [0.25, 0.3) is 10.0 Å². The van der Waals surface area contributed by atoms with Crippen LogP contribution in [0.4, 0.5) is 5.69 Å². The van der Waals surface area contributed by atoms with Gasteiger partial charge in [-0.1, -0.05) is 86.1 Å². The first-order valence-electron chi connectivity index (χ1n) is 15.5. The van der Waals surface area contributed by atoms with E-state index in [2.05, 4.69) is 5.32 Å². The van der Waals surface area contributed by atoms with Gasteiger partial charge in [0.15, 0.2) is 0 Å². The highest BCUT2D eigenvalue weighted by atomic mass is 32.2. The highest BCUT2D eigenvalue weighted by Crippen LogP contribution is 2.33. The number of carbonyl (C=O) groups is 2. The monoisotopic (exact) mass is 657 g/mol. The summed E-state index contributed by atoms with van der Waals surface area (Å²) in [6.07, 6.45) is 0.238. The molecule has 9 nitrogen and oxygen atoms in total. The second kappa shape index (κ2) is 16.1. The quantitative estimate of drug-likeness (QED) is 0.178. The smallest absolute Gasteiger partial charge is 0.264 e. The number of amides is 2. The van der Waals surface area contributed by atoms with Crippen LogP contribution in [0.5, 0.6) is 11.5 Å². The molecule has 248 valence electrons. The van der Waals surface area contributed by atoms with Gasteiger partial charge in [0.2, 0.25) is 11.8 Å². The van der Waals surface area contributed by atoms with Gasteiger partial charge in [0, 0.05) is 19.5 Å². The molecule has 10 heteroatoms. The number of para-hydroxylation sites is 2. The van der Waals surface area contributed by atoms with E-state index >= 15 is 0 Å². The fourth-order valence-corrected chi connectivity index (χ4v) is 6.52. The van der Waals surface area contributed by atoms with Gasteiger partial charge < -0.3 is 19.7 Å². The maximum Gasteiger partial charge on any atom is 0.264 e. The number of nitrogens with one attached hydrogen (secondary N) is 1. The fraction of sp³-hybridized carbons (Fsp3) is 0.297. The zero-order valence-corrected chi connectivity index (χ0v) is 28.4. The highest BCUT2D eigenvalue weighted by molar-refractivity contribution is 7.92. The molecule has 0 radical (unpaired) electrons. The Hall–Kier alpha value is -4.83. The van der Waals surface area contributed by atoms with E-state index in [0.717, 1.165) is 21.0 Å². The van der Waals surface area contributed by atoms with E-state index in [1.807, 2.05) is 75.4 Å². The van der Waals surface area contributed by atoms with Crippen molar-refractivity contribution < 1.29 is 27.5 Å². The molecular weight excluding hydrogens is 614 g/mol. The summed E-state index contributed by atoms with van der Waals surface area (Å²) < 4.78 is 40.4. The number of rotatable bonds is 15. The third-order valence-electron chi connectivity index (χ3n) is 7.71. The van der Waals surface area contributed by atoms with Crippen molar-refractivity contribution >= 4 is 27.5 Å². The van der Waals surface area contributed by atoms with Gasteiger partial charge in [-0.2, -0.15) is 0 Å². The van der Waals surface area contributed by atoms with Crippen molar-refractivity contribution in [3.63, 3.8) is 0 Å². The Morgan fingerprint density at radius 1 is 0.787 bits per heavy atom. The maximum atomic E-state index is 14.6. The lowest BCUT2D eigenvalue weighted by Gasteiger charge is -2.34. The lowest BCUT2D eigenvalue weighted by molar-refractivity contribution is -0.140. The summed E-state index contributed by atoms with van der Waals surface area (Å²) in [7, 11) is -1.36. The number of anilines is 1. The first-order valence-corrected chi connectivity index (χ1v) is 16.9. The van der Waals surface area contributed by atoms with E-state index in [1.54, 1.807) is 36.4 Å². The molecule has 1 N–H and O–H groups in total. The van der Waals surface area contributed by atoms with Crippen molar-refractivity contribution in [1.82, 2.24) is 10.2 Å². The third kappa shape index (κ3) is 9.13. The van der Waals surface area contributed by atoms with Gasteiger partial charge in [-0.3, -0.25) is 13.9 Å². The lowest BCUT2D eigenvalue weighted by Crippen LogP contribution is -2.53. The molecule has 0 aromatic heterocycles. The minimum Gasteiger partial charge on any atom is -0.497 e. The predicted octanol–water partition coefficient (Wildman–Crippen LogP) is 5.62. The number of sulfonamides is 1. The Bertz CT molecular complexity index is 1730. The number of hydrogen-bond acceptors (Lipinski definition) is 6. The van der Waals surface area contributed by atoms with Crippen molar-refractivity contribution in [3.05, 3.63) is 120 Å². The molecule has 0 aliphatic heterocycles. The van der Waals surface area contributed by atoms with Gasteiger partial charge in [-0.15, -0.1) is 0 Å². The summed E-state index contributed by atoms with van der Waals surface area (Å²) in [6, 6.07) is 28.9. The summed E-state index contributed by atoms with van der Waals surface area (Å²) in [6.45, 7) is 5.90. The van der Waals surface area contributed by atoms with Crippen LogP contribution in [0.3, 0.4) is 0 Å². The van der Waals surface area contributed by atoms with Gasteiger partial charge in [0.1, 0.15) is 24.1 Å². The molecule has 4 aromatic rings. The number of carbonyl (C=O) groups excluding carboxylic acids is 2. The molecule has 1 atom stereocenters. The molecule has 47 heavy (non-hydrogen) atoms. The van der Waals surface area contributed by atoms with E-state index in [1.165, 1.54) is 31.3 Å². The Balaban J connectivity index is 1.82. The van der Waals surface area contributed by atoms with E-state index in [9.17, 15) is 18.0 Å². The largest absolute Gasteiger partial charge is 0.497 e. The molecule has 2 amide bonds. The van der Waals surface area contributed by atoms with Gasteiger partial charge in [-0.25, -0.2) is 8.42 Å². The highest BCUT2D eigenvalue weighted by Gasteiger charge is 2.35. The van der Waals surface area contributed by atoms with Crippen molar-refractivity contribution in [2.24, 2.45) is 5.92 Å². The van der Waals surface area contributed by atoms with Crippen molar-refractivity contribution in [3.8, 4) is 11.5 Å². The van der Waals surface area contributed by atoms with Gasteiger partial charge in [-0.05, 0) is 60.4 Å². The minimum atomic E-state index is -4.30. The van der Waals surface area contributed by atoms with Crippen LogP contribution >= 0.6 is 0 Å². The second-order valence-electron chi connectivity index (χ2n) is 11.7. The molecule has 4 rings (SSSR count). The van der Waals surface area contributed by atoms with Crippen molar-refractivity contribution in [2.75, 3.05) is 31.6 Å². The predicted molar refractivity (Wildman–Crippen MR) is 184 cm³/mol. The Morgan fingerprint density at radius 2 is 1.43 bits per heavy atom. The standard InChI is InChI=1S/C37H43N3O6S/c1-27(2)24-38-37(42)34(23-29-11-7-6-8-12-29)39(25-30-17-15-28(3)16-18-30)36(41)26-40(33-13-9-10-14-35(33)46-5)47(43,44)32-21-19-31(45-4)20-22-32/h6-22,27,34H,23-26H2,1-5H3,(H,38,42). The van der Waals surface area contributed by atoms with Crippen LogP contribution in [0.2, 0.25) is 0 Å². The van der Waals surface area contributed by atoms with Crippen LogP contribution in [-0.4, -0.2) is 58.5 Å². The summed E-state index contributed by atoms with van der Waals surface area (Å²) in [5, 5.41) is 3.01. The normalized spacial score (nSPS) is 11.9. The van der Waals surface area contributed by atoms with Crippen LogP contribution < -0.4 is 19.1 Å². The Kier molecular flexibility index (Phi) is 12.0. The van der Waals surface area contributed by atoms with Crippen LogP contribution in [0.15, 0.2) is 108 Å². The van der Waals surface area contributed by atoms with Crippen molar-refractivity contribution in [2.45, 2.75) is 44.7 Å². The summed E-state index contributed by atoms with van der Waals surface area (Å²) in [4.78, 5) is 30.0. The van der Waals surface area contributed by atoms with Crippen LogP contribution in [-0.2, 0) is 32.6 Å². The first-order chi connectivity index (χ1) is 22.5. The molecular formula is C37H43N3O6S. The Labute approximate surface area is 278 Å². The fourth-order valence-electron chi connectivity index (χ4n) is 5.09. The molecule has 0 saturated carbocycles. The zero-order chi connectivity index (χ0) is 34.0. The zero-order valence-electron chi connectivity index (χ0n) is 27.6. The number of ether oxygens (including phenoxy) is 2. The van der Waals surface area contributed by atoms with Gasteiger partial charge in [0.05, 0.1) is 24.8 Å². The Morgan fingerprint density at radius 3 is 2.04 bits per heavy atom. The molecule has 1 unspecified atom stereocenters. The molecule has 0 saturated heterocycles. The molecule has 0 fully saturated rings. The second-order valence-corrected chi connectivity index (χ2v) is 13.6.